The molecule has 0 heterocycles. The van der Waals surface area contributed by atoms with Crippen LogP contribution in [0, 0.1) is 0 Å². The van der Waals surface area contributed by atoms with Gasteiger partial charge in [-0.15, -0.1) is 12.4 Å². The summed E-state index contributed by atoms with van der Waals surface area (Å²) < 4.78 is 4.78. The van der Waals surface area contributed by atoms with Gasteiger partial charge in [0.15, 0.2) is 0 Å². The predicted octanol–water partition coefficient (Wildman–Crippen LogP) is 1.22. The summed E-state index contributed by atoms with van der Waals surface area (Å²) in [6.45, 7) is 2.59. The van der Waals surface area contributed by atoms with Crippen molar-refractivity contribution in [1.29, 1.82) is 0 Å². The molecule has 1 unspecified atom stereocenters. The van der Waals surface area contributed by atoms with Crippen molar-refractivity contribution in [2.24, 2.45) is 5.73 Å². The molecule has 3 N–H and O–H groups in total. The summed E-state index contributed by atoms with van der Waals surface area (Å²) in [5.74, 6) is -0.867. The Morgan fingerprint density at radius 2 is 1.95 bits per heavy atom. The molecule has 0 aliphatic carbocycles. The molecule has 5 nitrogen and oxygen atoms in total. The van der Waals surface area contributed by atoms with E-state index in [0.717, 1.165) is 5.56 Å². The molecule has 0 bridgehead atoms. The number of halogens is 1. The number of hydrogen-bond acceptors (Lipinski definition) is 4. The number of esters is 1. The van der Waals surface area contributed by atoms with Gasteiger partial charge in [0.1, 0.15) is 0 Å². The summed E-state index contributed by atoms with van der Waals surface area (Å²) in [6.07, 6.45) is 0.172. The Labute approximate surface area is 125 Å². The molecule has 1 rings (SSSR count). The number of nitrogens with two attached hydrogens (primary N) is 1. The van der Waals surface area contributed by atoms with E-state index in [1.807, 2.05) is 30.3 Å². The van der Waals surface area contributed by atoms with Crippen LogP contribution in [-0.4, -0.2) is 31.6 Å². The molecule has 1 amide bonds. The number of nitrogens with one attached hydrogen (secondary N) is 1. The van der Waals surface area contributed by atoms with Gasteiger partial charge in [-0.25, -0.2) is 0 Å². The smallest absolute Gasteiger partial charge is 0.307 e. The lowest BCUT2D eigenvalue weighted by Gasteiger charge is -2.15. The summed E-state index contributed by atoms with van der Waals surface area (Å²) in [7, 11) is 0. The van der Waals surface area contributed by atoms with Crippen LogP contribution >= 0.6 is 12.4 Å². The van der Waals surface area contributed by atoms with Crippen LogP contribution in [0.5, 0.6) is 0 Å². The topological polar surface area (TPSA) is 81.4 Å². The van der Waals surface area contributed by atoms with Gasteiger partial charge >= 0.3 is 5.97 Å². The first-order valence-electron chi connectivity index (χ1n) is 6.37. The normalized spacial score (nSPS) is 11.1. The van der Waals surface area contributed by atoms with Gasteiger partial charge in [0.2, 0.25) is 5.91 Å². The number of benzene rings is 1. The maximum Gasteiger partial charge on any atom is 0.307 e. The second-order valence-corrected chi connectivity index (χ2v) is 4.05. The van der Waals surface area contributed by atoms with E-state index < -0.39 is 0 Å². The first kappa shape index (κ1) is 18.4. The minimum atomic E-state index is -0.386. The Kier molecular flexibility index (Phi) is 9.41. The molecule has 0 saturated carbocycles. The summed E-state index contributed by atoms with van der Waals surface area (Å²) in [5.41, 5.74) is 6.51. The standard InChI is InChI=1S/C14H20N2O3.ClH/c1-2-19-13(17)8-9-16-14(18)12(10-15)11-6-4-3-5-7-11;/h3-7,12H,2,8-10,15H2,1H3,(H,16,18);1H. The molecule has 1 aromatic carbocycles. The lowest BCUT2D eigenvalue weighted by atomic mass is 9.98. The van der Waals surface area contributed by atoms with Crippen LogP contribution in [0.25, 0.3) is 0 Å². The van der Waals surface area contributed by atoms with Crippen molar-refractivity contribution in [1.82, 2.24) is 5.32 Å². The van der Waals surface area contributed by atoms with E-state index in [0.29, 0.717) is 6.61 Å². The lowest BCUT2D eigenvalue weighted by Crippen LogP contribution is -2.34. The molecule has 1 aromatic rings. The third-order valence-corrected chi connectivity index (χ3v) is 2.69. The average Bonchev–Trinajstić information content (AvgIpc) is 2.41. The van der Waals surface area contributed by atoms with Crippen LogP contribution in [0.1, 0.15) is 24.8 Å². The van der Waals surface area contributed by atoms with Gasteiger partial charge in [0, 0.05) is 13.1 Å². The van der Waals surface area contributed by atoms with E-state index in [1.165, 1.54) is 0 Å². The molecule has 0 saturated heterocycles. The number of carbonyl (C=O) groups excluding carboxylic acids is 2. The summed E-state index contributed by atoms with van der Waals surface area (Å²) in [4.78, 5) is 23.1. The highest BCUT2D eigenvalue weighted by Gasteiger charge is 2.18. The zero-order valence-corrected chi connectivity index (χ0v) is 12.3. The molecule has 0 radical (unpaired) electrons. The molecule has 0 aliphatic heterocycles. The molecular formula is C14H21ClN2O3. The molecule has 0 spiro atoms. The van der Waals surface area contributed by atoms with Gasteiger partial charge in [-0.2, -0.15) is 0 Å². The van der Waals surface area contributed by atoms with Crippen LogP contribution < -0.4 is 11.1 Å². The van der Waals surface area contributed by atoms with E-state index >= 15 is 0 Å². The van der Waals surface area contributed by atoms with E-state index in [-0.39, 0.29) is 49.7 Å². The van der Waals surface area contributed by atoms with Gasteiger partial charge in [0.05, 0.1) is 18.9 Å². The third-order valence-electron chi connectivity index (χ3n) is 2.69. The van der Waals surface area contributed by atoms with E-state index in [9.17, 15) is 9.59 Å². The largest absolute Gasteiger partial charge is 0.466 e. The van der Waals surface area contributed by atoms with Crippen molar-refractivity contribution in [3.63, 3.8) is 0 Å². The lowest BCUT2D eigenvalue weighted by molar-refractivity contribution is -0.143. The zero-order valence-electron chi connectivity index (χ0n) is 11.5. The Morgan fingerprint density at radius 3 is 2.50 bits per heavy atom. The van der Waals surface area contributed by atoms with Crippen molar-refractivity contribution < 1.29 is 14.3 Å². The van der Waals surface area contributed by atoms with Gasteiger partial charge in [-0.1, -0.05) is 30.3 Å². The molecule has 20 heavy (non-hydrogen) atoms. The first-order chi connectivity index (χ1) is 9.19. The third kappa shape index (κ3) is 6.04. The number of hydrogen-bond donors (Lipinski definition) is 2. The number of rotatable bonds is 7. The second-order valence-electron chi connectivity index (χ2n) is 4.05. The number of amides is 1. The Balaban J connectivity index is 0.00000361. The highest BCUT2D eigenvalue weighted by atomic mass is 35.5. The monoisotopic (exact) mass is 300 g/mol. The van der Waals surface area contributed by atoms with Gasteiger partial charge < -0.3 is 15.8 Å². The number of ether oxygens (including phenoxy) is 1. The minimum Gasteiger partial charge on any atom is -0.466 e. The van der Waals surface area contributed by atoms with Crippen molar-refractivity contribution in [3.05, 3.63) is 35.9 Å². The maximum absolute atomic E-state index is 12.0. The van der Waals surface area contributed by atoms with E-state index in [2.05, 4.69) is 5.32 Å². The fourth-order valence-electron chi connectivity index (χ4n) is 1.72. The molecule has 0 fully saturated rings. The van der Waals surface area contributed by atoms with Crippen molar-refractivity contribution in [2.45, 2.75) is 19.3 Å². The Hall–Kier alpha value is -1.59. The molecule has 0 aliphatic rings. The van der Waals surface area contributed by atoms with Crippen LogP contribution in [0.3, 0.4) is 0 Å². The quantitative estimate of drug-likeness (QED) is 0.742. The summed E-state index contributed by atoms with van der Waals surface area (Å²) in [5, 5.41) is 2.70. The average molecular weight is 301 g/mol. The number of carbonyl (C=O) groups is 2. The zero-order chi connectivity index (χ0) is 14.1. The molecule has 0 aromatic heterocycles. The van der Waals surface area contributed by atoms with Crippen molar-refractivity contribution >= 4 is 24.3 Å². The van der Waals surface area contributed by atoms with Crippen LogP contribution in [0.2, 0.25) is 0 Å². The van der Waals surface area contributed by atoms with Gasteiger partial charge in [-0.05, 0) is 12.5 Å². The van der Waals surface area contributed by atoms with Crippen LogP contribution in [0.15, 0.2) is 30.3 Å². The highest BCUT2D eigenvalue weighted by Crippen LogP contribution is 2.13. The van der Waals surface area contributed by atoms with Gasteiger partial charge in [-0.3, -0.25) is 9.59 Å². The molecule has 6 heteroatoms. The van der Waals surface area contributed by atoms with Crippen molar-refractivity contribution in [2.75, 3.05) is 19.7 Å². The van der Waals surface area contributed by atoms with E-state index in [4.69, 9.17) is 10.5 Å². The highest BCUT2D eigenvalue weighted by molar-refractivity contribution is 5.85. The summed E-state index contributed by atoms with van der Waals surface area (Å²) >= 11 is 0. The van der Waals surface area contributed by atoms with Gasteiger partial charge in [0.25, 0.3) is 0 Å². The summed E-state index contributed by atoms with van der Waals surface area (Å²) in [6, 6.07) is 9.34. The Bertz CT molecular complexity index is 412. The van der Waals surface area contributed by atoms with Crippen LogP contribution in [0.4, 0.5) is 0 Å². The fourth-order valence-corrected chi connectivity index (χ4v) is 1.72. The van der Waals surface area contributed by atoms with Crippen LogP contribution in [-0.2, 0) is 14.3 Å². The minimum absolute atomic E-state index is 0. The fraction of sp³-hybridized carbons (Fsp3) is 0.429. The first-order valence-corrected chi connectivity index (χ1v) is 6.37. The van der Waals surface area contributed by atoms with E-state index in [1.54, 1.807) is 6.92 Å². The molecule has 112 valence electrons. The van der Waals surface area contributed by atoms with Crippen molar-refractivity contribution in [3.8, 4) is 0 Å². The second kappa shape index (κ2) is 10.2. The SMILES string of the molecule is CCOC(=O)CCNC(=O)C(CN)c1ccccc1.Cl. The molecular weight excluding hydrogens is 280 g/mol. The Morgan fingerprint density at radius 1 is 1.30 bits per heavy atom. The molecule has 1 atom stereocenters. The maximum atomic E-state index is 12.0. The predicted molar refractivity (Wildman–Crippen MR) is 79.7 cm³/mol.